The molecule has 0 radical (unpaired) electrons. The Morgan fingerprint density at radius 1 is 1.16 bits per heavy atom. The molecule has 0 saturated heterocycles. The number of halogens is 1. The molecular weight excluding hydrogens is 336 g/mol. The Bertz CT molecular complexity index is 689. The lowest BCUT2D eigenvalue weighted by Crippen LogP contribution is -2.58. The number of rotatable bonds is 4. The Kier molecular flexibility index (Phi) is 5.08. The number of anilines is 2. The molecule has 7 heteroatoms. The third kappa shape index (κ3) is 3.15. The normalized spacial score (nSPS) is 19.6. The summed E-state index contributed by atoms with van der Waals surface area (Å²) in [5.41, 5.74) is 13.8. The molecule has 2 aliphatic rings. The van der Waals surface area contributed by atoms with Gasteiger partial charge in [-0.2, -0.15) is 4.99 Å². The van der Waals surface area contributed by atoms with E-state index in [1.54, 1.807) is 0 Å². The number of aliphatic imine (C=N–C) groups is 2. The van der Waals surface area contributed by atoms with Gasteiger partial charge in [0.25, 0.3) is 0 Å². The van der Waals surface area contributed by atoms with Gasteiger partial charge in [-0.25, -0.2) is 4.99 Å². The van der Waals surface area contributed by atoms with Crippen LogP contribution in [0.4, 0.5) is 11.4 Å². The van der Waals surface area contributed by atoms with Crippen LogP contribution in [0.2, 0.25) is 5.02 Å². The zero-order valence-electron chi connectivity index (χ0n) is 15.0. The summed E-state index contributed by atoms with van der Waals surface area (Å²) in [4.78, 5) is 13.3. The fourth-order valence-corrected chi connectivity index (χ4v) is 4.30. The minimum atomic E-state index is -0.458. The van der Waals surface area contributed by atoms with E-state index in [9.17, 15) is 0 Å². The van der Waals surface area contributed by atoms with Crippen molar-refractivity contribution in [1.82, 2.24) is 0 Å². The Morgan fingerprint density at radius 2 is 1.84 bits per heavy atom. The van der Waals surface area contributed by atoms with Crippen molar-refractivity contribution in [3.63, 3.8) is 0 Å². The molecule has 1 spiro atoms. The summed E-state index contributed by atoms with van der Waals surface area (Å²) in [7, 11) is 0. The molecule has 1 aromatic carbocycles. The average molecular weight is 363 g/mol. The number of benzene rings is 1. The summed E-state index contributed by atoms with van der Waals surface area (Å²) in [5, 5.41) is 0.711. The second-order valence-electron chi connectivity index (χ2n) is 6.60. The molecule has 3 rings (SSSR count). The van der Waals surface area contributed by atoms with E-state index in [4.69, 9.17) is 28.1 Å². The van der Waals surface area contributed by atoms with Crippen LogP contribution in [0, 0.1) is 0 Å². The minimum Gasteiger partial charge on any atom is -0.369 e. The summed E-state index contributed by atoms with van der Waals surface area (Å²) in [5.74, 6) is 0.659. The number of para-hydroxylation sites is 1. The highest BCUT2D eigenvalue weighted by Gasteiger charge is 2.43. The van der Waals surface area contributed by atoms with E-state index >= 15 is 0 Å². The van der Waals surface area contributed by atoms with Crippen LogP contribution in [-0.2, 0) is 0 Å². The van der Waals surface area contributed by atoms with Crippen LogP contribution in [-0.4, -0.2) is 30.7 Å². The first kappa shape index (κ1) is 17.9. The molecule has 1 saturated carbocycles. The maximum atomic E-state index is 6.60. The number of nitrogens with zero attached hydrogens (tertiary/aromatic N) is 4. The van der Waals surface area contributed by atoms with E-state index in [0.717, 1.165) is 50.1 Å². The van der Waals surface area contributed by atoms with Gasteiger partial charge in [-0.1, -0.05) is 24.1 Å². The van der Waals surface area contributed by atoms with Crippen molar-refractivity contribution in [3.05, 3.63) is 23.2 Å². The molecule has 0 amide bonds. The average Bonchev–Trinajstić information content (AvgIpc) is 2.58. The van der Waals surface area contributed by atoms with Crippen LogP contribution in [0.3, 0.4) is 0 Å². The van der Waals surface area contributed by atoms with Gasteiger partial charge >= 0.3 is 0 Å². The Labute approximate surface area is 154 Å². The van der Waals surface area contributed by atoms with Crippen molar-refractivity contribution >= 4 is 34.9 Å². The quantitative estimate of drug-likeness (QED) is 0.860. The molecule has 0 bridgehead atoms. The summed E-state index contributed by atoms with van der Waals surface area (Å²) >= 11 is 6.60. The second-order valence-corrected chi connectivity index (χ2v) is 7.01. The molecule has 0 unspecified atom stereocenters. The monoisotopic (exact) mass is 362 g/mol. The lowest BCUT2D eigenvalue weighted by atomic mass is 9.87. The lowest BCUT2D eigenvalue weighted by molar-refractivity contribution is 0.305. The van der Waals surface area contributed by atoms with E-state index in [0.29, 0.717) is 11.0 Å². The molecule has 4 N–H and O–H groups in total. The van der Waals surface area contributed by atoms with Gasteiger partial charge in [-0.15, -0.1) is 0 Å². The molecule has 1 aliphatic heterocycles. The van der Waals surface area contributed by atoms with Gasteiger partial charge in [0.1, 0.15) is 5.66 Å². The molecule has 1 aliphatic carbocycles. The molecule has 6 nitrogen and oxygen atoms in total. The molecular formula is C18H27ClN6. The van der Waals surface area contributed by atoms with Crippen molar-refractivity contribution in [2.24, 2.45) is 21.5 Å². The standard InChI is InChI=1S/C18H27ClN6/c1-3-24(4-2)15-13(19)9-8-10-14(15)25-17(21)22-16(20)23-18(25)11-6-5-7-12-18/h8-10H,3-7,11-12H2,1-2H3,(H4,20,21,22,23). The first-order valence-corrected chi connectivity index (χ1v) is 9.43. The predicted molar refractivity (Wildman–Crippen MR) is 107 cm³/mol. The third-order valence-electron chi connectivity index (χ3n) is 5.14. The lowest BCUT2D eigenvalue weighted by Gasteiger charge is -2.46. The summed E-state index contributed by atoms with van der Waals surface area (Å²) in [6.45, 7) is 5.96. The van der Waals surface area contributed by atoms with Crippen molar-refractivity contribution < 1.29 is 0 Å². The summed E-state index contributed by atoms with van der Waals surface area (Å²) < 4.78 is 0. The Hall–Kier alpha value is -1.95. The molecule has 0 aromatic heterocycles. The van der Waals surface area contributed by atoms with Crippen molar-refractivity contribution in [2.45, 2.75) is 51.6 Å². The second kappa shape index (κ2) is 7.12. The van der Waals surface area contributed by atoms with E-state index < -0.39 is 5.66 Å². The summed E-state index contributed by atoms with van der Waals surface area (Å²) in [6.07, 6.45) is 5.23. The van der Waals surface area contributed by atoms with Gasteiger partial charge < -0.3 is 16.4 Å². The third-order valence-corrected chi connectivity index (χ3v) is 5.44. The first-order valence-electron chi connectivity index (χ1n) is 9.05. The van der Waals surface area contributed by atoms with Crippen molar-refractivity contribution in [1.29, 1.82) is 0 Å². The number of hydrogen-bond donors (Lipinski definition) is 2. The smallest absolute Gasteiger partial charge is 0.220 e. The minimum absolute atomic E-state index is 0.266. The highest BCUT2D eigenvalue weighted by Crippen LogP contribution is 2.44. The van der Waals surface area contributed by atoms with E-state index in [-0.39, 0.29) is 5.96 Å². The van der Waals surface area contributed by atoms with Gasteiger partial charge in [-0.3, -0.25) is 4.90 Å². The Balaban J connectivity index is 2.16. The van der Waals surface area contributed by atoms with Crippen LogP contribution in [0.1, 0.15) is 46.0 Å². The Morgan fingerprint density at radius 3 is 2.48 bits per heavy atom. The van der Waals surface area contributed by atoms with Crippen LogP contribution in [0.25, 0.3) is 0 Å². The van der Waals surface area contributed by atoms with Crippen LogP contribution < -0.4 is 21.3 Å². The van der Waals surface area contributed by atoms with Crippen LogP contribution in [0.5, 0.6) is 0 Å². The van der Waals surface area contributed by atoms with Gasteiger partial charge in [0.05, 0.1) is 16.4 Å². The molecule has 25 heavy (non-hydrogen) atoms. The highest BCUT2D eigenvalue weighted by molar-refractivity contribution is 6.34. The van der Waals surface area contributed by atoms with Gasteiger partial charge in [0.2, 0.25) is 11.9 Å². The van der Waals surface area contributed by atoms with Crippen LogP contribution in [0.15, 0.2) is 28.2 Å². The molecule has 1 heterocycles. The number of guanidine groups is 2. The zero-order chi connectivity index (χ0) is 18.0. The zero-order valence-corrected chi connectivity index (χ0v) is 15.8. The molecule has 0 atom stereocenters. The van der Waals surface area contributed by atoms with Crippen molar-refractivity contribution in [3.8, 4) is 0 Å². The maximum Gasteiger partial charge on any atom is 0.220 e. The van der Waals surface area contributed by atoms with Crippen LogP contribution >= 0.6 is 11.6 Å². The van der Waals surface area contributed by atoms with Gasteiger partial charge in [0, 0.05) is 13.1 Å². The predicted octanol–water partition coefficient (Wildman–Crippen LogP) is 3.30. The fourth-order valence-electron chi connectivity index (χ4n) is 4.01. The van der Waals surface area contributed by atoms with Gasteiger partial charge in [-0.05, 0) is 51.7 Å². The number of nitrogens with two attached hydrogens (primary N) is 2. The molecule has 136 valence electrons. The molecule has 1 aromatic rings. The SMILES string of the molecule is CCN(CC)c1c(Cl)cccc1N1C(N)=NC(N)=NC12CCCCC2. The van der Waals surface area contributed by atoms with E-state index in [1.165, 1.54) is 6.42 Å². The summed E-state index contributed by atoms with van der Waals surface area (Å²) in [6, 6.07) is 5.92. The van der Waals surface area contributed by atoms with Crippen molar-refractivity contribution in [2.75, 3.05) is 22.9 Å². The fraction of sp³-hybridized carbons (Fsp3) is 0.556. The van der Waals surface area contributed by atoms with E-state index in [2.05, 4.69) is 34.7 Å². The highest BCUT2D eigenvalue weighted by atomic mass is 35.5. The largest absolute Gasteiger partial charge is 0.369 e. The topological polar surface area (TPSA) is 83.2 Å². The maximum absolute atomic E-state index is 6.60. The number of hydrogen-bond acceptors (Lipinski definition) is 6. The molecule has 1 fully saturated rings. The van der Waals surface area contributed by atoms with E-state index in [1.807, 2.05) is 12.1 Å². The van der Waals surface area contributed by atoms with Gasteiger partial charge in [0.15, 0.2) is 0 Å². The first-order chi connectivity index (χ1) is 12.0.